The molecule has 1 fully saturated rings. The predicted molar refractivity (Wildman–Crippen MR) is 62.4 cm³/mol. The third-order valence-corrected chi connectivity index (χ3v) is 2.97. The molecule has 1 atom stereocenters. The third kappa shape index (κ3) is 1.60. The Labute approximate surface area is 94.0 Å². The summed E-state index contributed by atoms with van der Waals surface area (Å²) < 4.78 is 5.68. The molecule has 1 aliphatic heterocycles. The minimum absolute atomic E-state index is 0.0561. The quantitative estimate of drug-likeness (QED) is 0.761. The summed E-state index contributed by atoms with van der Waals surface area (Å²) in [5.41, 5.74) is 3.33. The number of H-pyrrole nitrogens is 1. The van der Waals surface area contributed by atoms with Crippen LogP contribution in [-0.4, -0.2) is 29.7 Å². The second kappa shape index (κ2) is 3.88. The molecule has 16 heavy (non-hydrogen) atoms. The van der Waals surface area contributed by atoms with Crippen molar-refractivity contribution in [3.63, 3.8) is 0 Å². The number of nitrogens with one attached hydrogen (secondary N) is 2. The van der Waals surface area contributed by atoms with Crippen LogP contribution in [0, 0.1) is 6.92 Å². The molecule has 0 spiro atoms. The van der Waals surface area contributed by atoms with E-state index >= 15 is 0 Å². The van der Waals surface area contributed by atoms with Crippen LogP contribution in [0.2, 0.25) is 0 Å². The zero-order valence-corrected chi connectivity index (χ0v) is 9.29. The van der Waals surface area contributed by atoms with E-state index in [9.17, 15) is 0 Å². The molecule has 1 aliphatic rings. The summed E-state index contributed by atoms with van der Waals surface area (Å²) in [5, 5.41) is 3.31. The fraction of sp³-hybridized carbons (Fsp3) is 0.417. The first-order valence-electron chi connectivity index (χ1n) is 5.62. The summed E-state index contributed by atoms with van der Waals surface area (Å²) in [7, 11) is 0. The first-order chi connectivity index (χ1) is 7.84. The van der Waals surface area contributed by atoms with Crippen molar-refractivity contribution in [3.05, 3.63) is 29.6 Å². The zero-order valence-electron chi connectivity index (χ0n) is 9.29. The Bertz CT molecular complexity index is 500. The van der Waals surface area contributed by atoms with Gasteiger partial charge in [-0.1, -0.05) is 12.1 Å². The van der Waals surface area contributed by atoms with E-state index in [0.29, 0.717) is 0 Å². The third-order valence-electron chi connectivity index (χ3n) is 2.97. The zero-order chi connectivity index (χ0) is 11.0. The number of aromatic nitrogens is 2. The first kappa shape index (κ1) is 9.81. The van der Waals surface area contributed by atoms with Crippen molar-refractivity contribution < 1.29 is 4.74 Å². The number of aromatic amines is 1. The number of rotatable bonds is 1. The van der Waals surface area contributed by atoms with E-state index in [1.165, 1.54) is 5.56 Å². The number of aryl methyl sites for hydroxylation is 1. The van der Waals surface area contributed by atoms with Gasteiger partial charge in [0.2, 0.25) is 0 Å². The number of para-hydroxylation sites is 1. The Morgan fingerprint density at radius 2 is 2.38 bits per heavy atom. The standard InChI is InChI=1S/C12H15N3O/c1-8-3-2-4-9-11(8)15-12(14-9)10-7-13-5-6-16-10/h2-4,10,13H,5-7H2,1H3,(H,14,15)/t10-/m1/s1. The van der Waals surface area contributed by atoms with Gasteiger partial charge < -0.3 is 15.0 Å². The molecule has 0 aliphatic carbocycles. The molecule has 0 unspecified atom stereocenters. The summed E-state index contributed by atoms with van der Waals surface area (Å²) in [6.45, 7) is 4.59. The average molecular weight is 217 g/mol. The van der Waals surface area contributed by atoms with Crippen LogP contribution in [0.4, 0.5) is 0 Å². The minimum Gasteiger partial charge on any atom is -0.368 e. The number of hydrogen-bond donors (Lipinski definition) is 2. The highest BCUT2D eigenvalue weighted by Crippen LogP contribution is 2.21. The van der Waals surface area contributed by atoms with E-state index in [2.05, 4.69) is 34.3 Å². The molecule has 2 heterocycles. The molecule has 0 amide bonds. The van der Waals surface area contributed by atoms with Gasteiger partial charge in [-0.25, -0.2) is 4.98 Å². The van der Waals surface area contributed by atoms with Crippen LogP contribution in [0.15, 0.2) is 18.2 Å². The second-order valence-corrected chi connectivity index (χ2v) is 4.16. The molecule has 4 nitrogen and oxygen atoms in total. The van der Waals surface area contributed by atoms with E-state index in [1.54, 1.807) is 0 Å². The van der Waals surface area contributed by atoms with Gasteiger partial charge in [0.25, 0.3) is 0 Å². The highest BCUT2D eigenvalue weighted by molar-refractivity contribution is 5.78. The molecule has 4 heteroatoms. The number of morpholine rings is 1. The molecule has 0 bridgehead atoms. The van der Waals surface area contributed by atoms with Crippen molar-refractivity contribution in [1.82, 2.24) is 15.3 Å². The van der Waals surface area contributed by atoms with Crippen LogP contribution in [0.5, 0.6) is 0 Å². The topological polar surface area (TPSA) is 49.9 Å². The number of benzene rings is 1. The molecule has 0 radical (unpaired) electrons. The van der Waals surface area contributed by atoms with Gasteiger partial charge in [-0.3, -0.25) is 0 Å². The van der Waals surface area contributed by atoms with Gasteiger partial charge in [0.1, 0.15) is 11.9 Å². The maximum atomic E-state index is 5.68. The van der Waals surface area contributed by atoms with Crippen LogP contribution in [0.1, 0.15) is 17.5 Å². The summed E-state index contributed by atoms with van der Waals surface area (Å²) in [5.74, 6) is 0.927. The molecule has 2 aromatic rings. The van der Waals surface area contributed by atoms with Gasteiger partial charge in [-0.05, 0) is 18.6 Å². The van der Waals surface area contributed by atoms with Gasteiger partial charge in [-0.2, -0.15) is 0 Å². The van der Waals surface area contributed by atoms with Crippen LogP contribution >= 0.6 is 0 Å². The number of nitrogens with zero attached hydrogens (tertiary/aromatic N) is 1. The normalized spacial score (nSPS) is 21.4. The Hall–Kier alpha value is -1.39. The molecule has 1 aromatic heterocycles. The van der Waals surface area contributed by atoms with Gasteiger partial charge in [-0.15, -0.1) is 0 Å². The number of hydrogen-bond acceptors (Lipinski definition) is 3. The molecule has 84 valence electrons. The van der Waals surface area contributed by atoms with Gasteiger partial charge >= 0.3 is 0 Å². The summed E-state index contributed by atoms with van der Waals surface area (Å²) >= 11 is 0. The number of ether oxygens (including phenoxy) is 1. The summed E-state index contributed by atoms with van der Waals surface area (Å²) in [4.78, 5) is 7.95. The smallest absolute Gasteiger partial charge is 0.137 e. The van der Waals surface area contributed by atoms with Crippen LogP contribution < -0.4 is 5.32 Å². The van der Waals surface area contributed by atoms with Gasteiger partial charge in [0, 0.05) is 13.1 Å². The van der Waals surface area contributed by atoms with E-state index in [0.717, 1.165) is 36.6 Å². The Morgan fingerprint density at radius 3 is 3.12 bits per heavy atom. The highest BCUT2D eigenvalue weighted by atomic mass is 16.5. The highest BCUT2D eigenvalue weighted by Gasteiger charge is 2.19. The Morgan fingerprint density at radius 1 is 1.44 bits per heavy atom. The second-order valence-electron chi connectivity index (χ2n) is 4.16. The molecule has 1 saturated heterocycles. The Balaban J connectivity index is 2.01. The lowest BCUT2D eigenvalue weighted by molar-refractivity contribution is 0.0228. The number of imidazole rings is 1. The van der Waals surface area contributed by atoms with Crippen molar-refractivity contribution in [2.75, 3.05) is 19.7 Å². The predicted octanol–water partition coefficient (Wildman–Crippen LogP) is 1.53. The lowest BCUT2D eigenvalue weighted by Gasteiger charge is -2.21. The molecule has 2 N–H and O–H groups in total. The van der Waals surface area contributed by atoms with E-state index in [4.69, 9.17) is 4.74 Å². The van der Waals surface area contributed by atoms with Crippen LogP contribution in [-0.2, 0) is 4.74 Å². The maximum Gasteiger partial charge on any atom is 0.137 e. The SMILES string of the molecule is Cc1cccc2[nH]c([C@H]3CNCCO3)nc12. The molecule has 1 aromatic carbocycles. The van der Waals surface area contributed by atoms with Crippen molar-refractivity contribution in [3.8, 4) is 0 Å². The summed E-state index contributed by atoms with van der Waals surface area (Å²) in [6, 6.07) is 6.17. The van der Waals surface area contributed by atoms with Crippen molar-refractivity contribution in [2.24, 2.45) is 0 Å². The fourth-order valence-electron chi connectivity index (χ4n) is 2.09. The largest absolute Gasteiger partial charge is 0.368 e. The average Bonchev–Trinajstić information content (AvgIpc) is 2.76. The first-order valence-corrected chi connectivity index (χ1v) is 5.62. The van der Waals surface area contributed by atoms with Crippen molar-refractivity contribution in [2.45, 2.75) is 13.0 Å². The van der Waals surface area contributed by atoms with Gasteiger partial charge in [0.15, 0.2) is 0 Å². The number of fused-ring (bicyclic) bond motifs is 1. The van der Waals surface area contributed by atoms with Crippen molar-refractivity contribution in [1.29, 1.82) is 0 Å². The van der Waals surface area contributed by atoms with Crippen molar-refractivity contribution >= 4 is 11.0 Å². The molecule has 0 saturated carbocycles. The lowest BCUT2D eigenvalue weighted by Crippen LogP contribution is -2.33. The lowest BCUT2D eigenvalue weighted by atomic mass is 10.2. The molecular formula is C12H15N3O. The monoisotopic (exact) mass is 217 g/mol. The Kier molecular flexibility index (Phi) is 2.38. The maximum absolute atomic E-state index is 5.68. The molecule has 3 rings (SSSR count). The fourth-order valence-corrected chi connectivity index (χ4v) is 2.09. The van der Waals surface area contributed by atoms with E-state index < -0.39 is 0 Å². The van der Waals surface area contributed by atoms with Crippen LogP contribution in [0.25, 0.3) is 11.0 Å². The van der Waals surface area contributed by atoms with E-state index in [1.807, 2.05) is 6.07 Å². The minimum atomic E-state index is 0.0561. The van der Waals surface area contributed by atoms with Gasteiger partial charge in [0.05, 0.1) is 17.6 Å². The summed E-state index contributed by atoms with van der Waals surface area (Å²) in [6.07, 6.45) is 0.0561. The van der Waals surface area contributed by atoms with E-state index in [-0.39, 0.29) is 6.10 Å². The van der Waals surface area contributed by atoms with Crippen LogP contribution in [0.3, 0.4) is 0 Å². The molecular weight excluding hydrogens is 202 g/mol.